The number of hydrogen-bond acceptors (Lipinski definition) is 3. The van der Waals surface area contributed by atoms with Gasteiger partial charge in [0.1, 0.15) is 5.75 Å². The van der Waals surface area contributed by atoms with Crippen LogP contribution in [0.3, 0.4) is 0 Å². The van der Waals surface area contributed by atoms with Crippen molar-refractivity contribution in [2.24, 2.45) is 5.73 Å². The summed E-state index contributed by atoms with van der Waals surface area (Å²) in [4.78, 5) is 1.17. The maximum Gasteiger partial charge on any atom is 0.123 e. The first-order valence-electron chi connectivity index (χ1n) is 6.08. The van der Waals surface area contributed by atoms with Gasteiger partial charge in [0, 0.05) is 31.7 Å². The minimum Gasteiger partial charge on any atom is -0.496 e. The Bertz CT molecular complexity index is 594. The highest BCUT2D eigenvalue weighted by molar-refractivity contribution is 9.10. The molecule has 2 aromatic rings. The highest BCUT2D eigenvalue weighted by Gasteiger charge is 2.13. The number of benzene rings is 2. The van der Waals surface area contributed by atoms with Crippen LogP contribution < -0.4 is 10.5 Å². The van der Waals surface area contributed by atoms with Crippen molar-refractivity contribution in [2.75, 3.05) is 12.9 Å². The molecule has 0 aliphatic rings. The third-order valence-corrected chi connectivity index (χ3v) is 5.23. The summed E-state index contributed by atoms with van der Waals surface area (Å²) in [6, 6.07) is 13.5. The van der Waals surface area contributed by atoms with Gasteiger partial charge in [0.25, 0.3) is 0 Å². The second-order valence-electron chi connectivity index (χ2n) is 4.23. The molecule has 20 heavy (non-hydrogen) atoms. The smallest absolute Gasteiger partial charge is 0.123 e. The van der Waals surface area contributed by atoms with E-state index in [4.69, 9.17) is 22.1 Å². The largest absolute Gasteiger partial charge is 0.496 e. The fraction of sp³-hybridized carbons (Fsp3) is 0.200. The molecule has 2 nitrogen and oxygen atoms in total. The fourth-order valence-corrected chi connectivity index (χ4v) is 3.55. The number of nitrogens with two attached hydrogens (primary N) is 1. The standard InChI is InChI=1S/C15H15BrClNOS/c1-19-14-7-6-10(17)8-11(14)13(18)9-20-15-5-3-2-4-12(15)16/h2-8,13H,9,18H2,1H3. The van der Waals surface area contributed by atoms with Gasteiger partial charge in [-0.2, -0.15) is 0 Å². The monoisotopic (exact) mass is 371 g/mol. The summed E-state index contributed by atoms with van der Waals surface area (Å²) in [5, 5.41) is 0.669. The van der Waals surface area contributed by atoms with E-state index in [1.54, 1.807) is 24.9 Å². The van der Waals surface area contributed by atoms with Crippen molar-refractivity contribution in [1.29, 1.82) is 0 Å². The number of hydrogen-bond donors (Lipinski definition) is 1. The van der Waals surface area contributed by atoms with Crippen molar-refractivity contribution in [3.05, 3.63) is 57.5 Å². The number of methoxy groups -OCH3 is 1. The first kappa shape index (κ1) is 15.7. The van der Waals surface area contributed by atoms with Crippen LogP contribution in [0.5, 0.6) is 5.75 Å². The number of halogens is 2. The first-order chi connectivity index (χ1) is 9.61. The Morgan fingerprint density at radius 2 is 2.05 bits per heavy atom. The SMILES string of the molecule is COc1ccc(Cl)cc1C(N)CSc1ccccc1Br. The van der Waals surface area contributed by atoms with E-state index in [1.165, 1.54) is 4.90 Å². The van der Waals surface area contributed by atoms with E-state index in [9.17, 15) is 0 Å². The summed E-state index contributed by atoms with van der Waals surface area (Å²) in [5.74, 6) is 1.52. The second-order valence-corrected chi connectivity index (χ2v) is 6.59. The molecule has 0 radical (unpaired) electrons. The van der Waals surface area contributed by atoms with Crippen LogP contribution >= 0.6 is 39.3 Å². The van der Waals surface area contributed by atoms with E-state index in [1.807, 2.05) is 30.3 Å². The lowest BCUT2D eigenvalue weighted by Gasteiger charge is -2.16. The van der Waals surface area contributed by atoms with Crippen molar-refractivity contribution in [1.82, 2.24) is 0 Å². The Labute approximate surface area is 136 Å². The summed E-state index contributed by atoms with van der Waals surface area (Å²) >= 11 is 11.3. The molecule has 0 amide bonds. The Morgan fingerprint density at radius 1 is 1.30 bits per heavy atom. The molecule has 0 aliphatic heterocycles. The highest BCUT2D eigenvalue weighted by atomic mass is 79.9. The molecule has 0 spiro atoms. The molecule has 1 atom stereocenters. The molecule has 0 bridgehead atoms. The van der Waals surface area contributed by atoms with E-state index in [2.05, 4.69) is 22.0 Å². The zero-order valence-electron chi connectivity index (χ0n) is 11.0. The summed E-state index contributed by atoms with van der Waals surface area (Å²) < 4.78 is 6.42. The zero-order chi connectivity index (χ0) is 14.5. The third kappa shape index (κ3) is 3.92. The van der Waals surface area contributed by atoms with E-state index >= 15 is 0 Å². The van der Waals surface area contributed by atoms with E-state index in [0.29, 0.717) is 5.02 Å². The van der Waals surface area contributed by atoms with Gasteiger partial charge in [0.05, 0.1) is 7.11 Å². The maximum atomic E-state index is 6.26. The third-order valence-electron chi connectivity index (χ3n) is 2.85. The number of thioether (sulfide) groups is 1. The van der Waals surface area contributed by atoms with Crippen LogP contribution in [-0.2, 0) is 0 Å². The molecule has 106 valence electrons. The molecule has 0 saturated heterocycles. The van der Waals surface area contributed by atoms with Crippen LogP contribution in [0.15, 0.2) is 51.8 Å². The Morgan fingerprint density at radius 3 is 2.75 bits per heavy atom. The molecule has 1 unspecified atom stereocenters. The van der Waals surface area contributed by atoms with E-state index in [-0.39, 0.29) is 6.04 Å². The van der Waals surface area contributed by atoms with Crippen molar-refractivity contribution in [2.45, 2.75) is 10.9 Å². The molecule has 0 aliphatic carbocycles. The van der Waals surface area contributed by atoms with Gasteiger partial charge in [-0.15, -0.1) is 11.8 Å². The van der Waals surface area contributed by atoms with Crippen molar-refractivity contribution in [3.8, 4) is 5.75 Å². The molecule has 0 saturated carbocycles. The van der Waals surface area contributed by atoms with Gasteiger partial charge < -0.3 is 10.5 Å². The van der Waals surface area contributed by atoms with Crippen molar-refractivity contribution in [3.63, 3.8) is 0 Å². The lowest BCUT2D eigenvalue weighted by molar-refractivity contribution is 0.407. The van der Waals surface area contributed by atoms with E-state index < -0.39 is 0 Å². The summed E-state index contributed by atoms with van der Waals surface area (Å²) in [7, 11) is 1.64. The predicted octanol–water partition coefficient (Wildman–Crippen LogP) is 4.90. The van der Waals surface area contributed by atoms with Crippen LogP contribution in [0.25, 0.3) is 0 Å². The zero-order valence-corrected chi connectivity index (χ0v) is 14.1. The second kappa shape index (κ2) is 7.36. The minimum absolute atomic E-state index is 0.138. The summed E-state index contributed by atoms with van der Waals surface area (Å²) in [6.07, 6.45) is 0. The van der Waals surface area contributed by atoms with Crippen molar-refractivity contribution >= 4 is 39.3 Å². The maximum absolute atomic E-state index is 6.26. The van der Waals surface area contributed by atoms with Gasteiger partial charge >= 0.3 is 0 Å². The number of ether oxygens (including phenoxy) is 1. The molecule has 0 heterocycles. The van der Waals surface area contributed by atoms with Crippen LogP contribution in [0.2, 0.25) is 5.02 Å². The molecule has 5 heteroatoms. The summed E-state index contributed by atoms with van der Waals surface area (Å²) in [6.45, 7) is 0. The van der Waals surface area contributed by atoms with Gasteiger partial charge in [0.2, 0.25) is 0 Å². The number of rotatable bonds is 5. The van der Waals surface area contributed by atoms with Gasteiger partial charge in [-0.05, 0) is 46.3 Å². The molecule has 2 N–H and O–H groups in total. The molecule has 2 rings (SSSR count). The Hall–Kier alpha value is -0.680. The summed E-state index contributed by atoms with van der Waals surface area (Å²) in [5.41, 5.74) is 7.19. The van der Waals surface area contributed by atoms with Gasteiger partial charge in [-0.3, -0.25) is 0 Å². The average molecular weight is 373 g/mol. The van der Waals surface area contributed by atoms with Gasteiger partial charge in [0.15, 0.2) is 0 Å². The molecular weight excluding hydrogens is 358 g/mol. The van der Waals surface area contributed by atoms with Gasteiger partial charge in [-0.25, -0.2) is 0 Å². The lowest BCUT2D eigenvalue weighted by atomic mass is 10.1. The topological polar surface area (TPSA) is 35.2 Å². The first-order valence-corrected chi connectivity index (χ1v) is 8.24. The highest BCUT2D eigenvalue weighted by Crippen LogP contribution is 2.33. The normalized spacial score (nSPS) is 12.2. The fourth-order valence-electron chi connectivity index (χ4n) is 1.83. The Balaban J connectivity index is 2.11. The van der Waals surface area contributed by atoms with Crippen LogP contribution in [-0.4, -0.2) is 12.9 Å². The minimum atomic E-state index is -0.138. The molecular formula is C15H15BrClNOS. The molecule has 0 fully saturated rings. The van der Waals surface area contributed by atoms with Gasteiger partial charge in [-0.1, -0.05) is 23.7 Å². The quantitative estimate of drug-likeness (QED) is 0.758. The van der Waals surface area contributed by atoms with Crippen LogP contribution in [0.4, 0.5) is 0 Å². The van der Waals surface area contributed by atoms with E-state index in [0.717, 1.165) is 21.5 Å². The molecule has 2 aromatic carbocycles. The predicted molar refractivity (Wildman–Crippen MR) is 89.8 cm³/mol. The lowest BCUT2D eigenvalue weighted by Crippen LogP contribution is -2.14. The van der Waals surface area contributed by atoms with Crippen LogP contribution in [0.1, 0.15) is 11.6 Å². The average Bonchev–Trinajstić information content (AvgIpc) is 2.46. The van der Waals surface area contributed by atoms with Crippen LogP contribution in [0, 0.1) is 0 Å². The van der Waals surface area contributed by atoms with Crippen molar-refractivity contribution < 1.29 is 4.74 Å². The Kier molecular flexibility index (Phi) is 5.78. The molecule has 0 aromatic heterocycles.